The smallest absolute Gasteiger partial charge is 0.325 e. The Morgan fingerprint density at radius 3 is 2.52 bits per heavy atom. The van der Waals surface area contributed by atoms with E-state index in [1.165, 1.54) is 0 Å². The predicted octanol–water partition coefficient (Wildman–Crippen LogP) is -1.17. The third-order valence-electron chi connectivity index (χ3n) is 2.90. The van der Waals surface area contributed by atoms with E-state index < -0.39 is 46.9 Å². The number of sulfone groups is 1. The molecule has 0 aromatic rings. The summed E-state index contributed by atoms with van der Waals surface area (Å²) >= 11 is 0. The van der Waals surface area contributed by atoms with Crippen molar-refractivity contribution < 1.29 is 32.6 Å². The van der Waals surface area contributed by atoms with Crippen molar-refractivity contribution in [3.63, 3.8) is 0 Å². The lowest BCUT2D eigenvalue weighted by atomic mass is 10.2. The van der Waals surface area contributed by atoms with Gasteiger partial charge in [0.25, 0.3) is 0 Å². The highest BCUT2D eigenvalue weighted by Gasteiger charge is 2.35. The molecule has 10 heteroatoms. The van der Waals surface area contributed by atoms with Crippen molar-refractivity contribution >= 4 is 27.8 Å². The van der Waals surface area contributed by atoms with Crippen LogP contribution in [0.1, 0.15) is 13.3 Å². The number of hydrogen-bond acceptors (Lipinski definition) is 6. The standard InChI is InChI=1S/C11H18N2O7S/c1-2-20-10(16)5-12-11(17)13(6-9(14)15)8-3-4-21(18,19)7-8/h8H,2-7H2,1H3,(H,12,17)(H,14,15). The van der Waals surface area contributed by atoms with E-state index in [0.29, 0.717) is 0 Å². The SMILES string of the molecule is CCOC(=O)CNC(=O)N(CC(=O)O)C1CCS(=O)(=O)C1. The van der Waals surface area contributed by atoms with E-state index in [1.54, 1.807) is 6.92 Å². The molecule has 0 aromatic carbocycles. The van der Waals surface area contributed by atoms with E-state index in [4.69, 9.17) is 5.11 Å². The van der Waals surface area contributed by atoms with Crippen LogP contribution < -0.4 is 5.32 Å². The van der Waals surface area contributed by atoms with E-state index in [-0.39, 0.29) is 24.5 Å². The normalized spacial score (nSPS) is 19.8. The molecule has 1 fully saturated rings. The Kier molecular flexibility index (Phi) is 5.94. The highest BCUT2D eigenvalue weighted by atomic mass is 32.2. The molecule has 120 valence electrons. The summed E-state index contributed by atoms with van der Waals surface area (Å²) in [6.07, 6.45) is 0.183. The summed E-state index contributed by atoms with van der Waals surface area (Å²) in [5, 5.41) is 11.1. The van der Waals surface area contributed by atoms with Crippen LogP contribution in [0.15, 0.2) is 0 Å². The second-order valence-electron chi connectivity index (χ2n) is 4.54. The van der Waals surface area contributed by atoms with Crippen molar-refractivity contribution in [3.05, 3.63) is 0 Å². The fraction of sp³-hybridized carbons (Fsp3) is 0.727. The van der Waals surface area contributed by atoms with Gasteiger partial charge in [0, 0.05) is 6.04 Å². The molecule has 0 spiro atoms. The molecular weight excluding hydrogens is 304 g/mol. The number of carboxylic acids is 1. The quantitative estimate of drug-likeness (QED) is 0.589. The second kappa shape index (κ2) is 7.25. The number of nitrogens with one attached hydrogen (secondary N) is 1. The van der Waals surface area contributed by atoms with Gasteiger partial charge in [-0.2, -0.15) is 0 Å². The van der Waals surface area contributed by atoms with Gasteiger partial charge in [0.1, 0.15) is 13.1 Å². The Bertz CT molecular complexity index is 517. The molecule has 1 aliphatic rings. The first kappa shape index (κ1) is 17.2. The van der Waals surface area contributed by atoms with Gasteiger partial charge in [-0.1, -0.05) is 0 Å². The monoisotopic (exact) mass is 322 g/mol. The zero-order valence-electron chi connectivity index (χ0n) is 11.6. The highest BCUT2D eigenvalue weighted by Crippen LogP contribution is 2.17. The summed E-state index contributed by atoms with van der Waals surface area (Å²) in [6.45, 7) is 0.741. The van der Waals surface area contributed by atoms with E-state index in [9.17, 15) is 22.8 Å². The van der Waals surface area contributed by atoms with Crippen molar-refractivity contribution in [1.29, 1.82) is 0 Å². The first-order chi connectivity index (χ1) is 9.75. The number of ether oxygens (including phenoxy) is 1. The lowest BCUT2D eigenvalue weighted by Gasteiger charge is -2.26. The lowest BCUT2D eigenvalue weighted by molar-refractivity contribution is -0.141. The third-order valence-corrected chi connectivity index (χ3v) is 4.66. The molecule has 1 atom stereocenters. The molecule has 0 aromatic heterocycles. The molecule has 1 unspecified atom stereocenters. The number of esters is 1. The number of rotatable bonds is 6. The first-order valence-electron chi connectivity index (χ1n) is 6.37. The number of nitrogens with zero attached hydrogens (tertiary/aromatic N) is 1. The van der Waals surface area contributed by atoms with E-state index in [2.05, 4.69) is 10.1 Å². The molecule has 9 nitrogen and oxygen atoms in total. The van der Waals surface area contributed by atoms with Crippen molar-refractivity contribution in [2.45, 2.75) is 19.4 Å². The molecule has 1 rings (SSSR count). The highest BCUT2D eigenvalue weighted by molar-refractivity contribution is 7.91. The molecule has 0 saturated carbocycles. The minimum atomic E-state index is -3.26. The zero-order valence-corrected chi connectivity index (χ0v) is 12.4. The number of aliphatic carboxylic acids is 1. The molecule has 0 aliphatic carbocycles. The van der Waals surface area contributed by atoms with Crippen LogP contribution in [0.3, 0.4) is 0 Å². The largest absolute Gasteiger partial charge is 0.480 e. The molecule has 0 bridgehead atoms. The fourth-order valence-electron chi connectivity index (χ4n) is 1.99. The second-order valence-corrected chi connectivity index (χ2v) is 6.77. The van der Waals surface area contributed by atoms with Gasteiger partial charge in [-0.05, 0) is 13.3 Å². The average Bonchev–Trinajstić information content (AvgIpc) is 2.73. The zero-order chi connectivity index (χ0) is 16.0. The van der Waals surface area contributed by atoms with Crippen molar-refractivity contribution in [3.8, 4) is 0 Å². The molecule has 1 heterocycles. The van der Waals surface area contributed by atoms with Crippen LogP contribution in [-0.4, -0.2) is 73.6 Å². The number of carbonyl (C=O) groups is 3. The predicted molar refractivity (Wildman–Crippen MR) is 71.4 cm³/mol. The summed E-state index contributed by atoms with van der Waals surface area (Å²) in [6, 6.07) is -1.50. The summed E-state index contributed by atoms with van der Waals surface area (Å²) in [5.74, 6) is -2.27. The van der Waals surface area contributed by atoms with Crippen LogP contribution in [0, 0.1) is 0 Å². The molecular formula is C11H18N2O7S. The van der Waals surface area contributed by atoms with Gasteiger partial charge in [-0.15, -0.1) is 0 Å². The van der Waals surface area contributed by atoms with E-state index in [0.717, 1.165) is 4.90 Å². The van der Waals surface area contributed by atoms with Gasteiger partial charge in [0.2, 0.25) is 0 Å². The topological polar surface area (TPSA) is 130 Å². The maximum atomic E-state index is 11.9. The van der Waals surface area contributed by atoms with Crippen molar-refractivity contribution in [2.75, 3.05) is 31.2 Å². The fourth-order valence-corrected chi connectivity index (χ4v) is 3.73. The van der Waals surface area contributed by atoms with Gasteiger partial charge in [-0.25, -0.2) is 13.2 Å². The van der Waals surface area contributed by atoms with Crippen LogP contribution in [0.2, 0.25) is 0 Å². The number of hydrogen-bond donors (Lipinski definition) is 2. The Morgan fingerprint density at radius 1 is 1.38 bits per heavy atom. The summed E-state index contributed by atoms with van der Waals surface area (Å²) < 4.78 is 27.5. The van der Waals surface area contributed by atoms with Gasteiger partial charge in [0.15, 0.2) is 9.84 Å². The Hall–Kier alpha value is -1.84. The molecule has 1 aliphatic heterocycles. The average molecular weight is 322 g/mol. The van der Waals surface area contributed by atoms with Gasteiger partial charge in [0.05, 0.1) is 18.1 Å². The summed E-state index contributed by atoms with van der Waals surface area (Å²) in [5.41, 5.74) is 0. The van der Waals surface area contributed by atoms with E-state index in [1.807, 2.05) is 0 Å². The molecule has 1 saturated heterocycles. The number of urea groups is 1. The van der Waals surface area contributed by atoms with Gasteiger partial charge >= 0.3 is 18.0 Å². The van der Waals surface area contributed by atoms with Crippen molar-refractivity contribution in [1.82, 2.24) is 10.2 Å². The first-order valence-corrected chi connectivity index (χ1v) is 8.19. The maximum absolute atomic E-state index is 11.9. The van der Waals surface area contributed by atoms with Crippen LogP contribution in [0.4, 0.5) is 4.79 Å². The van der Waals surface area contributed by atoms with Crippen LogP contribution >= 0.6 is 0 Å². The number of amides is 2. The summed E-state index contributed by atoms with van der Waals surface area (Å²) in [7, 11) is -3.26. The Balaban J connectivity index is 2.67. The van der Waals surface area contributed by atoms with Gasteiger partial charge < -0.3 is 20.1 Å². The Labute approximate surface area is 122 Å². The number of carbonyl (C=O) groups excluding carboxylic acids is 2. The van der Waals surface area contributed by atoms with Crippen LogP contribution in [-0.2, 0) is 24.2 Å². The number of carboxylic acid groups (broad SMARTS) is 1. The maximum Gasteiger partial charge on any atom is 0.325 e. The lowest BCUT2D eigenvalue weighted by Crippen LogP contribution is -2.50. The van der Waals surface area contributed by atoms with Crippen molar-refractivity contribution in [2.24, 2.45) is 0 Å². The minimum Gasteiger partial charge on any atom is -0.480 e. The van der Waals surface area contributed by atoms with Crippen LogP contribution in [0.25, 0.3) is 0 Å². The third kappa shape index (κ3) is 5.58. The Morgan fingerprint density at radius 2 is 2.05 bits per heavy atom. The molecule has 2 amide bonds. The summed E-state index contributed by atoms with van der Waals surface area (Å²) in [4.78, 5) is 34.8. The molecule has 2 N–H and O–H groups in total. The van der Waals surface area contributed by atoms with Crippen LogP contribution in [0.5, 0.6) is 0 Å². The van der Waals surface area contributed by atoms with Gasteiger partial charge in [-0.3, -0.25) is 9.59 Å². The van der Waals surface area contributed by atoms with E-state index >= 15 is 0 Å². The minimum absolute atomic E-state index is 0.0844. The molecule has 21 heavy (non-hydrogen) atoms. The molecule has 0 radical (unpaired) electrons.